The Morgan fingerprint density at radius 3 is 0.917 bits per heavy atom. The molecule has 0 bridgehead atoms. The first-order chi connectivity index (χ1) is 11.8. The number of hydrogen-bond donors (Lipinski definition) is 0. The third-order valence-corrected chi connectivity index (χ3v) is 5.94. The van der Waals surface area contributed by atoms with Crippen LogP contribution in [-0.2, 0) is 0 Å². The number of halogens is 2. The molecule has 0 aliphatic carbocycles. The molecule has 0 aromatic heterocycles. The van der Waals surface area contributed by atoms with E-state index in [-0.39, 0.29) is 0 Å². The molecule has 0 aliphatic rings. The van der Waals surface area contributed by atoms with E-state index in [0.29, 0.717) is 3.74 Å². The molecule has 0 aromatic carbocycles. The highest BCUT2D eigenvalue weighted by molar-refractivity contribution is 9.24. The number of rotatable bonds is 20. The molecule has 0 radical (unpaired) electrons. The van der Waals surface area contributed by atoms with Gasteiger partial charge < -0.3 is 0 Å². The van der Waals surface area contributed by atoms with Crippen molar-refractivity contribution in [2.24, 2.45) is 0 Å². The zero-order valence-electron chi connectivity index (χ0n) is 16.5. The van der Waals surface area contributed by atoms with E-state index >= 15 is 0 Å². The van der Waals surface area contributed by atoms with Crippen LogP contribution in [-0.4, -0.2) is 3.74 Å². The van der Waals surface area contributed by atoms with Gasteiger partial charge in [0.2, 0.25) is 0 Å². The molecule has 24 heavy (non-hydrogen) atoms. The van der Waals surface area contributed by atoms with Crippen LogP contribution in [0.25, 0.3) is 0 Å². The average molecular weight is 468 g/mol. The first-order valence-corrected chi connectivity index (χ1v) is 12.9. The van der Waals surface area contributed by atoms with Crippen LogP contribution >= 0.6 is 31.9 Å². The summed E-state index contributed by atoms with van der Waals surface area (Å²) in [6.45, 7) is 2.30. The van der Waals surface area contributed by atoms with Crippen LogP contribution in [0.3, 0.4) is 0 Å². The number of alkyl halides is 2. The summed E-state index contributed by atoms with van der Waals surface area (Å²) in [6.07, 6.45) is 28.9. The Balaban J connectivity index is 2.95. The highest BCUT2D eigenvalue weighted by Crippen LogP contribution is 2.18. The summed E-state index contributed by atoms with van der Waals surface area (Å²) in [5, 5.41) is 0. The standard InChI is InChI=1S/C22H44Br2/c1-2-3-4-5-6-7-8-9-10-11-12-13-14-15-16-17-18-19-20-21-22(23)24/h22H,2-21H2,1H3. The topological polar surface area (TPSA) is 0 Å². The Morgan fingerprint density at radius 1 is 0.417 bits per heavy atom. The van der Waals surface area contributed by atoms with Crippen molar-refractivity contribution >= 4 is 31.9 Å². The summed E-state index contributed by atoms with van der Waals surface area (Å²) in [5.41, 5.74) is 0. The fourth-order valence-electron chi connectivity index (χ4n) is 3.38. The second-order valence-corrected chi connectivity index (χ2v) is 11.0. The van der Waals surface area contributed by atoms with E-state index in [1.165, 1.54) is 128 Å². The van der Waals surface area contributed by atoms with Gasteiger partial charge in [0, 0.05) is 0 Å². The molecule has 0 amide bonds. The summed E-state index contributed by atoms with van der Waals surface area (Å²) in [6, 6.07) is 0. The molecule has 2 heteroatoms. The Bertz CT molecular complexity index is 216. The fraction of sp³-hybridized carbons (Fsp3) is 1.00. The third kappa shape index (κ3) is 23.0. The van der Waals surface area contributed by atoms with Crippen LogP contribution in [0.2, 0.25) is 0 Å². The van der Waals surface area contributed by atoms with Gasteiger partial charge in [-0.05, 0) is 6.42 Å². The van der Waals surface area contributed by atoms with Crippen LogP contribution in [0.1, 0.15) is 135 Å². The molecule has 146 valence electrons. The second kappa shape index (κ2) is 22.0. The molecule has 0 aromatic rings. The molecule has 0 nitrogen and oxygen atoms in total. The lowest BCUT2D eigenvalue weighted by molar-refractivity contribution is 0.523. The lowest BCUT2D eigenvalue weighted by Gasteiger charge is -2.04. The van der Waals surface area contributed by atoms with Gasteiger partial charge in [0.1, 0.15) is 0 Å². The van der Waals surface area contributed by atoms with Crippen molar-refractivity contribution in [2.75, 3.05) is 0 Å². The van der Waals surface area contributed by atoms with Crippen molar-refractivity contribution in [1.82, 2.24) is 0 Å². The van der Waals surface area contributed by atoms with Crippen molar-refractivity contribution in [3.63, 3.8) is 0 Å². The Hall–Kier alpha value is 0.960. The lowest BCUT2D eigenvalue weighted by atomic mass is 10.0. The van der Waals surface area contributed by atoms with Crippen LogP contribution in [0.4, 0.5) is 0 Å². The highest BCUT2D eigenvalue weighted by Gasteiger charge is 1.97. The van der Waals surface area contributed by atoms with Gasteiger partial charge >= 0.3 is 0 Å². The predicted octanol–water partition coefficient (Wildman–Crippen LogP) is 9.92. The molecule has 0 saturated carbocycles. The van der Waals surface area contributed by atoms with E-state index in [9.17, 15) is 0 Å². The first-order valence-electron chi connectivity index (χ1n) is 11.1. The zero-order chi connectivity index (χ0) is 17.7. The van der Waals surface area contributed by atoms with Crippen molar-refractivity contribution in [2.45, 2.75) is 139 Å². The maximum atomic E-state index is 3.54. The molecule has 0 N–H and O–H groups in total. The summed E-state index contributed by atoms with van der Waals surface area (Å²) in [4.78, 5) is 0. The minimum atomic E-state index is 0.524. The molecule has 0 rings (SSSR count). The van der Waals surface area contributed by atoms with Crippen molar-refractivity contribution in [3.05, 3.63) is 0 Å². The molecule has 0 unspecified atom stereocenters. The van der Waals surface area contributed by atoms with Gasteiger partial charge in [0.05, 0.1) is 3.74 Å². The average Bonchev–Trinajstić information content (AvgIpc) is 2.56. The van der Waals surface area contributed by atoms with E-state index in [0.717, 1.165) is 0 Å². The molecule has 0 saturated heterocycles. The molecular formula is C22H44Br2. The number of hydrogen-bond acceptors (Lipinski definition) is 0. The monoisotopic (exact) mass is 466 g/mol. The Morgan fingerprint density at radius 2 is 0.667 bits per heavy atom. The van der Waals surface area contributed by atoms with Crippen LogP contribution in [0, 0.1) is 0 Å². The van der Waals surface area contributed by atoms with Gasteiger partial charge in [0.15, 0.2) is 0 Å². The third-order valence-electron chi connectivity index (χ3n) is 5.03. The van der Waals surface area contributed by atoms with Gasteiger partial charge in [-0.3, -0.25) is 0 Å². The largest absolute Gasteiger partial charge is 0.0765 e. The van der Waals surface area contributed by atoms with E-state index in [4.69, 9.17) is 0 Å². The zero-order valence-corrected chi connectivity index (χ0v) is 19.6. The van der Waals surface area contributed by atoms with Crippen molar-refractivity contribution in [1.29, 1.82) is 0 Å². The summed E-state index contributed by atoms with van der Waals surface area (Å²) in [5.74, 6) is 0. The van der Waals surface area contributed by atoms with E-state index in [1.54, 1.807) is 0 Å². The van der Waals surface area contributed by atoms with Crippen molar-refractivity contribution in [3.8, 4) is 0 Å². The summed E-state index contributed by atoms with van der Waals surface area (Å²) < 4.78 is 0.524. The van der Waals surface area contributed by atoms with Gasteiger partial charge in [-0.25, -0.2) is 0 Å². The van der Waals surface area contributed by atoms with Gasteiger partial charge in [0.25, 0.3) is 0 Å². The van der Waals surface area contributed by atoms with Gasteiger partial charge in [-0.1, -0.05) is 161 Å². The maximum Gasteiger partial charge on any atom is 0.0697 e. The number of unbranched alkanes of at least 4 members (excludes halogenated alkanes) is 18. The molecule has 0 heterocycles. The van der Waals surface area contributed by atoms with Gasteiger partial charge in [-0.15, -0.1) is 0 Å². The van der Waals surface area contributed by atoms with Crippen molar-refractivity contribution < 1.29 is 0 Å². The normalized spacial score (nSPS) is 11.5. The summed E-state index contributed by atoms with van der Waals surface area (Å²) in [7, 11) is 0. The molecule has 0 fully saturated rings. The Labute approximate surface area is 170 Å². The van der Waals surface area contributed by atoms with E-state index in [2.05, 4.69) is 38.8 Å². The molecule has 0 aliphatic heterocycles. The van der Waals surface area contributed by atoms with Gasteiger partial charge in [-0.2, -0.15) is 0 Å². The lowest BCUT2D eigenvalue weighted by Crippen LogP contribution is -1.86. The van der Waals surface area contributed by atoms with E-state index in [1.807, 2.05) is 0 Å². The van der Waals surface area contributed by atoms with Crippen LogP contribution in [0.5, 0.6) is 0 Å². The minimum absolute atomic E-state index is 0.524. The first kappa shape index (κ1) is 25.0. The van der Waals surface area contributed by atoms with Crippen LogP contribution in [0.15, 0.2) is 0 Å². The highest BCUT2D eigenvalue weighted by atomic mass is 79.9. The summed E-state index contributed by atoms with van der Waals surface area (Å²) >= 11 is 7.09. The quantitative estimate of drug-likeness (QED) is 0.123. The smallest absolute Gasteiger partial charge is 0.0697 e. The van der Waals surface area contributed by atoms with E-state index < -0.39 is 0 Å². The maximum absolute atomic E-state index is 3.54. The van der Waals surface area contributed by atoms with Crippen LogP contribution < -0.4 is 0 Å². The molecule has 0 spiro atoms. The second-order valence-electron chi connectivity index (χ2n) is 7.54. The fourth-order valence-corrected chi connectivity index (χ4v) is 4.02. The molecular weight excluding hydrogens is 424 g/mol. The SMILES string of the molecule is CCCCCCCCCCCCCCCCCCCCCC(Br)Br. The minimum Gasteiger partial charge on any atom is -0.0765 e. The predicted molar refractivity (Wildman–Crippen MR) is 120 cm³/mol. The Kier molecular flexibility index (Phi) is 22.9. The molecule has 0 atom stereocenters.